The van der Waals surface area contributed by atoms with Crippen LogP contribution in [0.25, 0.3) is 0 Å². The zero-order chi connectivity index (χ0) is 21.2. The zero-order valence-corrected chi connectivity index (χ0v) is 19.1. The van der Waals surface area contributed by atoms with E-state index in [0.717, 1.165) is 0 Å². The topological polar surface area (TPSA) is 90.9 Å². The molecule has 156 valence electrons. The third-order valence-corrected chi connectivity index (χ3v) is 10.3. The van der Waals surface area contributed by atoms with Gasteiger partial charge >= 0.3 is 11.9 Å². The molecule has 1 amide bonds. The monoisotopic (exact) mass is 401 g/mol. The Morgan fingerprint density at radius 1 is 1.07 bits per heavy atom. The van der Waals surface area contributed by atoms with Gasteiger partial charge in [-0.05, 0) is 45.8 Å². The maximum absolute atomic E-state index is 12.6. The highest BCUT2D eigenvalue weighted by molar-refractivity contribution is 6.74. The molecule has 1 N–H and O–H groups in total. The van der Waals surface area contributed by atoms with Crippen LogP contribution in [0.3, 0.4) is 0 Å². The molecule has 1 fully saturated rings. The van der Waals surface area contributed by atoms with Gasteiger partial charge in [0.2, 0.25) is 5.91 Å². The molecule has 1 rings (SSSR count). The summed E-state index contributed by atoms with van der Waals surface area (Å²) in [6, 6.07) is -0.733. The number of esters is 2. The van der Waals surface area contributed by atoms with Crippen LogP contribution in [0.1, 0.15) is 48.5 Å². The van der Waals surface area contributed by atoms with Crippen molar-refractivity contribution in [2.45, 2.75) is 78.7 Å². The van der Waals surface area contributed by atoms with Crippen LogP contribution >= 0.6 is 0 Å². The first kappa shape index (κ1) is 23.6. The summed E-state index contributed by atoms with van der Waals surface area (Å²) in [5.74, 6) is -2.25. The third kappa shape index (κ3) is 4.54. The van der Waals surface area contributed by atoms with Gasteiger partial charge in [0.05, 0.1) is 31.3 Å². The number of carbonyl (C=O) groups excluding carboxylic acids is 3. The van der Waals surface area contributed by atoms with Gasteiger partial charge in [0.15, 0.2) is 13.7 Å². The molecular formula is C19H35NO6Si. The molecule has 8 heteroatoms. The van der Waals surface area contributed by atoms with E-state index in [-0.39, 0.29) is 24.2 Å². The van der Waals surface area contributed by atoms with Gasteiger partial charge < -0.3 is 19.2 Å². The fourth-order valence-corrected chi connectivity index (χ4v) is 4.43. The Bertz CT molecular complexity index is 565. The van der Waals surface area contributed by atoms with Crippen molar-refractivity contribution in [2.24, 2.45) is 11.3 Å². The number of hydrogen-bond donors (Lipinski definition) is 1. The smallest absolute Gasteiger partial charge is 0.325 e. The van der Waals surface area contributed by atoms with Crippen LogP contribution < -0.4 is 5.32 Å². The second kappa shape index (κ2) is 8.30. The molecule has 0 saturated carbocycles. The molecule has 0 spiro atoms. The number of β-lactam (4-membered cyclic amide) rings is 1. The van der Waals surface area contributed by atoms with Crippen molar-refractivity contribution in [1.29, 1.82) is 0 Å². The number of ether oxygens (including phenoxy) is 2. The normalized spacial score (nSPS) is 21.7. The highest BCUT2D eigenvalue weighted by Crippen LogP contribution is 2.42. The highest BCUT2D eigenvalue weighted by Gasteiger charge is 2.62. The van der Waals surface area contributed by atoms with Crippen molar-refractivity contribution in [2.75, 3.05) is 13.2 Å². The Labute approximate surface area is 163 Å². The lowest BCUT2D eigenvalue weighted by Crippen LogP contribution is -2.72. The third-order valence-electron chi connectivity index (χ3n) is 5.77. The van der Waals surface area contributed by atoms with Crippen molar-refractivity contribution >= 4 is 26.2 Å². The number of nitrogens with one attached hydrogen (secondary N) is 1. The molecule has 1 heterocycles. The van der Waals surface area contributed by atoms with Crippen LogP contribution in [0, 0.1) is 11.3 Å². The quantitative estimate of drug-likeness (QED) is 0.291. The van der Waals surface area contributed by atoms with Crippen LogP contribution in [-0.2, 0) is 28.3 Å². The van der Waals surface area contributed by atoms with Gasteiger partial charge in [-0.2, -0.15) is 0 Å². The Hall–Kier alpha value is -1.41. The minimum Gasteiger partial charge on any atom is -0.465 e. The summed E-state index contributed by atoms with van der Waals surface area (Å²) in [6.07, 6.45) is -0.437. The van der Waals surface area contributed by atoms with E-state index in [1.165, 1.54) is 6.92 Å². The summed E-state index contributed by atoms with van der Waals surface area (Å²) in [4.78, 5) is 37.6. The molecule has 1 saturated heterocycles. The molecule has 7 nitrogen and oxygen atoms in total. The summed E-state index contributed by atoms with van der Waals surface area (Å²) >= 11 is 0. The Balaban J connectivity index is 3.16. The van der Waals surface area contributed by atoms with Crippen LogP contribution in [0.5, 0.6) is 0 Å². The lowest BCUT2D eigenvalue weighted by Gasteiger charge is -2.49. The molecule has 0 aromatic rings. The maximum Gasteiger partial charge on any atom is 0.325 e. The fourth-order valence-electron chi connectivity index (χ4n) is 3.00. The van der Waals surface area contributed by atoms with E-state index >= 15 is 0 Å². The Morgan fingerprint density at radius 2 is 1.52 bits per heavy atom. The molecule has 0 aliphatic carbocycles. The number of carbonyl (C=O) groups is 3. The summed E-state index contributed by atoms with van der Waals surface area (Å²) in [5.41, 5.74) is -1.62. The molecule has 27 heavy (non-hydrogen) atoms. The van der Waals surface area contributed by atoms with Gasteiger partial charge in [0, 0.05) is 0 Å². The lowest BCUT2D eigenvalue weighted by atomic mass is 9.69. The first-order chi connectivity index (χ1) is 12.2. The predicted molar refractivity (Wildman–Crippen MR) is 105 cm³/mol. The molecule has 0 bridgehead atoms. The summed E-state index contributed by atoms with van der Waals surface area (Å²) < 4.78 is 16.6. The second-order valence-corrected chi connectivity index (χ2v) is 13.5. The molecule has 0 aromatic carbocycles. The van der Waals surface area contributed by atoms with Crippen molar-refractivity contribution < 1.29 is 28.3 Å². The SMILES string of the molecule is CCOC(=O)C(C)(C(=O)OCC)[C@H]1NC(=O)[C@@H]1[C@@H](C)O[Si](C)(C)C(C)(C)C. The average Bonchev–Trinajstić information content (AvgIpc) is 2.50. The summed E-state index contributed by atoms with van der Waals surface area (Å²) in [6.45, 7) is 17.5. The van der Waals surface area contributed by atoms with Crippen molar-refractivity contribution in [3.63, 3.8) is 0 Å². The Kier molecular flexibility index (Phi) is 7.27. The molecule has 1 aliphatic rings. The highest BCUT2D eigenvalue weighted by atomic mass is 28.4. The van der Waals surface area contributed by atoms with Gasteiger partial charge in [0.1, 0.15) is 0 Å². The van der Waals surface area contributed by atoms with E-state index < -0.39 is 43.7 Å². The van der Waals surface area contributed by atoms with E-state index in [1.54, 1.807) is 13.8 Å². The van der Waals surface area contributed by atoms with Crippen molar-refractivity contribution in [1.82, 2.24) is 5.32 Å². The van der Waals surface area contributed by atoms with Gasteiger partial charge in [-0.3, -0.25) is 14.4 Å². The standard InChI is InChI=1S/C19H35NO6Si/c1-10-24-16(22)19(7,17(23)25-11-2)14-13(15(21)20-14)12(3)26-27(8,9)18(4,5)6/h12-14H,10-11H2,1-9H3,(H,20,21)/t12-,13-,14+/m1/s1. The summed E-state index contributed by atoms with van der Waals surface area (Å²) in [5, 5.41) is 2.69. The molecular weight excluding hydrogens is 366 g/mol. The van der Waals surface area contributed by atoms with Crippen LogP contribution in [0.4, 0.5) is 0 Å². The Morgan fingerprint density at radius 3 is 1.85 bits per heavy atom. The van der Waals surface area contributed by atoms with Crippen LogP contribution in [-0.4, -0.2) is 51.5 Å². The fraction of sp³-hybridized carbons (Fsp3) is 0.842. The van der Waals surface area contributed by atoms with E-state index in [9.17, 15) is 14.4 Å². The minimum absolute atomic E-state index is 0.0252. The lowest BCUT2D eigenvalue weighted by molar-refractivity contribution is -0.180. The maximum atomic E-state index is 12.6. The van der Waals surface area contributed by atoms with Gasteiger partial charge in [0.25, 0.3) is 0 Å². The number of hydrogen-bond acceptors (Lipinski definition) is 6. The first-order valence-electron chi connectivity index (χ1n) is 9.56. The molecule has 3 atom stereocenters. The summed E-state index contributed by atoms with van der Waals surface area (Å²) in [7, 11) is -2.13. The van der Waals surface area contributed by atoms with E-state index in [4.69, 9.17) is 13.9 Å². The van der Waals surface area contributed by atoms with Crippen molar-refractivity contribution in [3.8, 4) is 0 Å². The number of rotatable bonds is 8. The van der Waals surface area contributed by atoms with Gasteiger partial charge in [-0.15, -0.1) is 0 Å². The van der Waals surface area contributed by atoms with E-state index in [1.807, 2.05) is 6.92 Å². The van der Waals surface area contributed by atoms with E-state index in [2.05, 4.69) is 39.2 Å². The van der Waals surface area contributed by atoms with Crippen molar-refractivity contribution in [3.05, 3.63) is 0 Å². The molecule has 0 aromatic heterocycles. The second-order valence-electron chi connectivity index (χ2n) is 8.74. The molecule has 0 unspecified atom stereocenters. The van der Waals surface area contributed by atoms with Gasteiger partial charge in [-0.25, -0.2) is 0 Å². The van der Waals surface area contributed by atoms with Crippen LogP contribution in [0.15, 0.2) is 0 Å². The van der Waals surface area contributed by atoms with Gasteiger partial charge in [-0.1, -0.05) is 20.8 Å². The minimum atomic E-state index is -2.13. The molecule has 1 aliphatic heterocycles. The average molecular weight is 402 g/mol. The van der Waals surface area contributed by atoms with E-state index in [0.29, 0.717) is 0 Å². The van der Waals surface area contributed by atoms with Crippen LogP contribution in [0.2, 0.25) is 18.1 Å². The predicted octanol–water partition coefficient (Wildman–Crippen LogP) is 2.64. The molecule has 0 radical (unpaired) electrons. The zero-order valence-electron chi connectivity index (χ0n) is 18.1. The first-order valence-corrected chi connectivity index (χ1v) is 12.5. The number of amides is 1. The largest absolute Gasteiger partial charge is 0.465 e.